The van der Waals surface area contributed by atoms with Crippen molar-refractivity contribution in [1.82, 2.24) is 25.1 Å². The number of hydrogen-bond acceptors (Lipinski definition) is 6. The molecular formula is C35H36F10N6O. The summed E-state index contributed by atoms with van der Waals surface area (Å²) in [7, 11) is 1.37. The van der Waals surface area contributed by atoms with Crippen molar-refractivity contribution < 1.29 is 48.6 Å². The molecule has 0 bridgehead atoms. The molecule has 0 saturated carbocycles. The molecule has 7 nitrogen and oxygen atoms in total. The summed E-state index contributed by atoms with van der Waals surface area (Å²) < 4.78 is 146. The Morgan fingerprint density at radius 3 is 1.94 bits per heavy atom. The highest BCUT2D eigenvalue weighted by Crippen LogP contribution is 2.40. The largest absolute Gasteiger partial charge is 0.416 e. The predicted octanol–water partition coefficient (Wildman–Crippen LogP) is 8.95. The minimum Gasteiger partial charge on any atom is -0.373 e. The lowest BCUT2D eigenvalue weighted by atomic mass is 9.89. The number of aromatic nitrogens is 4. The van der Waals surface area contributed by atoms with E-state index in [1.165, 1.54) is 18.0 Å². The smallest absolute Gasteiger partial charge is 0.373 e. The number of likely N-dealkylation sites (tertiary alicyclic amines) is 1. The molecule has 1 aliphatic rings. The molecule has 1 aliphatic heterocycles. The second-order valence-corrected chi connectivity index (χ2v) is 12.8. The molecule has 1 unspecified atom stereocenters. The van der Waals surface area contributed by atoms with Crippen LogP contribution in [-0.2, 0) is 50.0 Å². The summed E-state index contributed by atoms with van der Waals surface area (Å²) in [4.78, 5) is 4.12. The average molecular weight is 747 g/mol. The van der Waals surface area contributed by atoms with Gasteiger partial charge in [-0.15, -0.1) is 5.10 Å². The van der Waals surface area contributed by atoms with Gasteiger partial charge in [0.15, 0.2) is 0 Å². The molecule has 0 amide bonds. The quantitative estimate of drug-likeness (QED) is 0.135. The number of ether oxygens (including phenoxy) is 1. The summed E-state index contributed by atoms with van der Waals surface area (Å²) in [5, 5.41) is 11.6. The maximum atomic E-state index is 15.8. The third-order valence-corrected chi connectivity index (χ3v) is 8.99. The Labute approximate surface area is 293 Å². The van der Waals surface area contributed by atoms with E-state index >= 15 is 4.39 Å². The molecule has 1 saturated heterocycles. The standard InChI is InChI=1S/C35H36F10N6O/c1-3-30(50-13-11-32(36,12-14-50)22-52-21-23-7-5-4-6-8-23)29-10-9-26(33(37,38)39)17-25(29)20-51(31-46-48-49(2)47-31)19-24-15-27(34(40,41)42)18-28(16-24)35(43,44)45/h4-10,15-18,30H,3,11-14,19-22H2,1-2H3. The summed E-state index contributed by atoms with van der Waals surface area (Å²) in [6.45, 7) is 1.35. The van der Waals surface area contributed by atoms with Gasteiger partial charge in [-0.1, -0.05) is 48.4 Å². The van der Waals surface area contributed by atoms with Gasteiger partial charge in [0.2, 0.25) is 0 Å². The molecule has 282 valence electrons. The third-order valence-electron chi connectivity index (χ3n) is 8.99. The molecule has 1 fully saturated rings. The lowest BCUT2D eigenvalue weighted by molar-refractivity contribution is -0.143. The normalized spacial score (nSPS) is 16.2. The molecule has 4 aromatic rings. The third kappa shape index (κ3) is 9.79. The molecule has 1 atom stereocenters. The molecule has 0 aliphatic carbocycles. The zero-order chi connectivity index (χ0) is 37.9. The number of nitrogens with zero attached hydrogens (tertiary/aromatic N) is 6. The first-order chi connectivity index (χ1) is 24.3. The van der Waals surface area contributed by atoms with E-state index in [9.17, 15) is 39.5 Å². The van der Waals surface area contributed by atoms with Gasteiger partial charge in [-0.3, -0.25) is 4.90 Å². The second-order valence-electron chi connectivity index (χ2n) is 12.8. The van der Waals surface area contributed by atoms with E-state index in [0.717, 1.165) is 22.5 Å². The van der Waals surface area contributed by atoms with Gasteiger partial charge < -0.3 is 9.64 Å². The topological polar surface area (TPSA) is 59.3 Å². The zero-order valence-electron chi connectivity index (χ0n) is 28.2. The highest BCUT2D eigenvalue weighted by molar-refractivity contribution is 5.42. The molecule has 0 radical (unpaired) electrons. The highest BCUT2D eigenvalue weighted by Gasteiger charge is 2.39. The molecule has 0 N–H and O–H groups in total. The number of alkyl halides is 10. The number of aryl methyl sites for hydroxylation is 1. The van der Waals surface area contributed by atoms with E-state index in [0.29, 0.717) is 24.1 Å². The van der Waals surface area contributed by atoms with Crippen LogP contribution in [-0.4, -0.2) is 50.5 Å². The van der Waals surface area contributed by atoms with Gasteiger partial charge >= 0.3 is 18.5 Å². The monoisotopic (exact) mass is 746 g/mol. The maximum Gasteiger partial charge on any atom is 0.416 e. The fourth-order valence-electron chi connectivity index (χ4n) is 6.36. The number of benzene rings is 3. The fourth-order valence-corrected chi connectivity index (χ4v) is 6.36. The Bertz CT molecular complexity index is 1750. The molecule has 3 aromatic carbocycles. The van der Waals surface area contributed by atoms with Crippen molar-refractivity contribution in [1.29, 1.82) is 0 Å². The summed E-state index contributed by atoms with van der Waals surface area (Å²) in [6.07, 6.45) is -14.4. The minimum absolute atomic E-state index is 0.00862. The van der Waals surface area contributed by atoms with E-state index in [1.54, 1.807) is 0 Å². The summed E-state index contributed by atoms with van der Waals surface area (Å²) in [5.74, 6) is -0.236. The van der Waals surface area contributed by atoms with Crippen molar-refractivity contribution >= 4 is 5.95 Å². The van der Waals surface area contributed by atoms with Crippen molar-refractivity contribution in [2.45, 2.75) is 76.1 Å². The summed E-state index contributed by atoms with van der Waals surface area (Å²) in [6, 6.07) is 13.0. The Hall–Kier alpha value is -4.25. The van der Waals surface area contributed by atoms with Gasteiger partial charge in [-0.25, -0.2) is 4.39 Å². The van der Waals surface area contributed by atoms with E-state index in [1.807, 2.05) is 42.2 Å². The molecule has 52 heavy (non-hydrogen) atoms. The molecule has 0 spiro atoms. The van der Waals surface area contributed by atoms with Gasteiger partial charge in [0.1, 0.15) is 5.67 Å². The molecule has 2 heterocycles. The van der Waals surface area contributed by atoms with Gasteiger partial charge in [0, 0.05) is 32.2 Å². The highest BCUT2D eigenvalue weighted by atomic mass is 19.4. The van der Waals surface area contributed by atoms with Crippen LogP contribution in [0.1, 0.15) is 71.2 Å². The van der Waals surface area contributed by atoms with Crippen LogP contribution in [0.2, 0.25) is 0 Å². The number of anilines is 1. The van der Waals surface area contributed by atoms with Crippen LogP contribution in [0.3, 0.4) is 0 Å². The van der Waals surface area contributed by atoms with Crippen molar-refractivity contribution in [2.24, 2.45) is 7.05 Å². The zero-order valence-corrected chi connectivity index (χ0v) is 28.2. The Balaban J connectivity index is 1.44. The van der Waals surface area contributed by atoms with Crippen LogP contribution in [0.4, 0.5) is 49.9 Å². The van der Waals surface area contributed by atoms with E-state index in [4.69, 9.17) is 4.74 Å². The number of halogens is 10. The lowest BCUT2D eigenvalue weighted by Crippen LogP contribution is -2.45. The fraction of sp³-hybridized carbons (Fsp3) is 0.457. The van der Waals surface area contributed by atoms with Crippen LogP contribution in [0.5, 0.6) is 0 Å². The average Bonchev–Trinajstić information content (AvgIpc) is 3.51. The maximum absolute atomic E-state index is 15.8. The molecule has 17 heteroatoms. The Kier molecular flexibility index (Phi) is 11.5. The number of rotatable bonds is 12. The van der Waals surface area contributed by atoms with E-state index < -0.39 is 65.6 Å². The number of tetrazole rings is 1. The van der Waals surface area contributed by atoms with Crippen LogP contribution in [0, 0.1) is 0 Å². The van der Waals surface area contributed by atoms with Gasteiger partial charge in [0.05, 0.1) is 37.0 Å². The number of piperidine rings is 1. The first-order valence-corrected chi connectivity index (χ1v) is 16.4. The lowest BCUT2D eigenvalue weighted by Gasteiger charge is -2.41. The van der Waals surface area contributed by atoms with Crippen LogP contribution < -0.4 is 4.90 Å². The minimum atomic E-state index is -5.12. The van der Waals surface area contributed by atoms with E-state index in [2.05, 4.69) is 15.4 Å². The molecule has 1 aromatic heterocycles. The van der Waals surface area contributed by atoms with Crippen LogP contribution >= 0.6 is 0 Å². The van der Waals surface area contributed by atoms with Crippen molar-refractivity contribution in [3.8, 4) is 0 Å². The van der Waals surface area contributed by atoms with Crippen molar-refractivity contribution in [3.63, 3.8) is 0 Å². The van der Waals surface area contributed by atoms with E-state index in [-0.39, 0.29) is 56.7 Å². The number of hydrogen-bond donors (Lipinski definition) is 0. The summed E-state index contributed by atoms with van der Waals surface area (Å²) in [5.41, 5.74) is -4.75. The van der Waals surface area contributed by atoms with Crippen molar-refractivity contribution in [3.05, 3.63) is 106 Å². The first-order valence-electron chi connectivity index (χ1n) is 16.4. The summed E-state index contributed by atoms with van der Waals surface area (Å²) >= 11 is 0. The second kappa shape index (κ2) is 15.4. The van der Waals surface area contributed by atoms with Gasteiger partial charge in [-0.2, -0.15) is 44.3 Å². The SMILES string of the molecule is CCC(c1ccc(C(F)(F)F)cc1CN(Cc1cc(C(F)(F)F)cc(C(F)(F)F)c1)c1nnn(C)n1)N1CCC(F)(COCc2ccccc2)CC1. The first kappa shape index (κ1) is 39.0. The Morgan fingerprint density at radius 2 is 1.40 bits per heavy atom. The predicted molar refractivity (Wildman–Crippen MR) is 170 cm³/mol. The van der Waals surface area contributed by atoms with Crippen LogP contribution in [0.15, 0.2) is 66.7 Å². The van der Waals surface area contributed by atoms with Crippen LogP contribution in [0.25, 0.3) is 0 Å². The Morgan fingerprint density at radius 1 is 0.788 bits per heavy atom. The molecular weight excluding hydrogens is 710 g/mol. The van der Waals surface area contributed by atoms with Crippen molar-refractivity contribution in [2.75, 3.05) is 24.6 Å². The van der Waals surface area contributed by atoms with Gasteiger partial charge in [0.25, 0.3) is 5.95 Å². The van der Waals surface area contributed by atoms with Gasteiger partial charge in [-0.05, 0) is 77.1 Å². The molecule has 5 rings (SSSR count).